The maximum Gasteiger partial charge on any atom is 0.245 e. The van der Waals surface area contributed by atoms with E-state index >= 15 is 0 Å². The minimum Gasteiger partial charge on any atom is -0.378 e. The summed E-state index contributed by atoms with van der Waals surface area (Å²) < 4.78 is 5.32. The van der Waals surface area contributed by atoms with E-state index in [0.717, 1.165) is 37.6 Å². The summed E-state index contributed by atoms with van der Waals surface area (Å²) in [6.45, 7) is 3.18. The van der Waals surface area contributed by atoms with Crippen molar-refractivity contribution >= 4 is 23.5 Å². The molecule has 0 bridgehead atoms. The quantitative estimate of drug-likeness (QED) is 0.647. The van der Waals surface area contributed by atoms with Crippen molar-refractivity contribution in [3.05, 3.63) is 35.9 Å². The zero-order valence-electron chi connectivity index (χ0n) is 13.0. The summed E-state index contributed by atoms with van der Waals surface area (Å²) in [4.78, 5) is 25.5. The van der Waals surface area contributed by atoms with Gasteiger partial charge in [0.25, 0.3) is 0 Å². The summed E-state index contributed by atoms with van der Waals surface area (Å²) in [5.74, 6) is -2.42. The molecule has 6 nitrogen and oxygen atoms in total. The highest BCUT2D eigenvalue weighted by Gasteiger charge is 2.22. The molecule has 0 aromatic heterocycles. The van der Waals surface area contributed by atoms with Crippen molar-refractivity contribution in [2.45, 2.75) is 0 Å². The molecule has 0 saturated carbocycles. The van der Waals surface area contributed by atoms with E-state index in [2.05, 4.69) is 10.2 Å². The Bertz CT molecular complexity index is 625. The molecular formula is C17H19N3O3. The van der Waals surface area contributed by atoms with E-state index in [1.807, 2.05) is 24.3 Å². The molecule has 1 saturated heterocycles. The van der Waals surface area contributed by atoms with Crippen molar-refractivity contribution in [1.29, 1.82) is 5.26 Å². The van der Waals surface area contributed by atoms with Crippen LogP contribution in [0.25, 0.3) is 6.08 Å². The molecule has 1 aromatic carbocycles. The van der Waals surface area contributed by atoms with Crippen molar-refractivity contribution in [3.63, 3.8) is 0 Å². The van der Waals surface area contributed by atoms with Crippen LogP contribution in [-0.4, -0.2) is 45.0 Å². The number of hydrogen-bond donors (Lipinski definition) is 1. The van der Waals surface area contributed by atoms with Crippen molar-refractivity contribution in [2.75, 3.05) is 38.3 Å². The van der Waals surface area contributed by atoms with Gasteiger partial charge in [0.2, 0.25) is 5.91 Å². The van der Waals surface area contributed by atoms with Gasteiger partial charge in [-0.2, -0.15) is 5.26 Å². The summed E-state index contributed by atoms with van der Waals surface area (Å²) in [5, 5.41) is 11.2. The lowest BCUT2D eigenvalue weighted by molar-refractivity contribution is -0.129. The molecule has 1 aliphatic rings. The molecule has 0 radical (unpaired) electrons. The molecule has 1 amide bonds. The Hall–Kier alpha value is -2.65. The van der Waals surface area contributed by atoms with Crippen LogP contribution in [0, 0.1) is 17.2 Å². The second-order valence-corrected chi connectivity index (χ2v) is 5.10. The maximum atomic E-state index is 11.9. The van der Waals surface area contributed by atoms with Gasteiger partial charge in [-0.15, -0.1) is 0 Å². The zero-order chi connectivity index (χ0) is 16.7. The molecule has 1 aromatic rings. The molecule has 1 heterocycles. The van der Waals surface area contributed by atoms with Crippen LogP contribution in [-0.2, 0) is 14.3 Å². The fraction of sp³-hybridized carbons (Fsp3) is 0.353. The Balaban J connectivity index is 2.01. The van der Waals surface area contributed by atoms with E-state index in [1.165, 1.54) is 13.1 Å². The lowest BCUT2D eigenvalue weighted by atomic mass is 10.0. The van der Waals surface area contributed by atoms with E-state index in [-0.39, 0.29) is 0 Å². The van der Waals surface area contributed by atoms with E-state index in [9.17, 15) is 9.59 Å². The first kappa shape index (κ1) is 16.7. The predicted octanol–water partition coefficient (Wildman–Crippen LogP) is 0.991. The number of benzene rings is 1. The Morgan fingerprint density at radius 1 is 1.30 bits per heavy atom. The molecular weight excluding hydrogens is 294 g/mol. The van der Waals surface area contributed by atoms with Gasteiger partial charge in [0.05, 0.1) is 19.3 Å². The molecule has 1 fully saturated rings. The normalized spacial score (nSPS) is 15.9. The van der Waals surface area contributed by atoms with Crippen LogP contribution in [0.5, 0.6) is 0 Å². The maximum absolute atomic E-state index is 11.9. The molecule has 0 unspecified atom stereocenters. The first-order valence-corrected chi connectivity index (χ1v) is 7.41. The third-order valence-corrected chi connectivity index (χ3v) is 3.63. The Kier molecular flexibility index (Phi) is 5.89. The van der Waals surface area contributed by atoms with E-state index in [4.69, 9.17) is 10.00 Å². The first-order chi connectivity index (χ1) is 11.2. The van der Waals surface area contributed by atoms with Gasteiger partial charge in [-0.3, -0.25) is 9.59 Å². The third kappa shape index (κ3) is 4.41. The number of ketones is 1. The average molecular weight is 313 g/mol. The number of carbonyl (C=O) groups excluding carboxylic acids is 2. The Morgan fingerprint density at radius 2 is 1.96 bits per heavy atom. The minimum absolute atomic E-state index is 0.524. The van der Waals surface area contributed by atoms with Crippen LogP contribution >= 0.6 is 0 Å². The first-order valence-electron chi connectivity index (χ1n) is 7.41. The largest absolute Gasteiger partial charge is 0.378 e. The van der Waals surface area contributed by atoms with Gasteiger partial charge < -0.3 is 15.0 Å². The summed E-state index contributed by atoms with van der Waals surface area (Å²) in [5.41, 5.74) is 1.95. The van der Waals surface area contributed by atoms with Gasteiger partial charge in [-0.25, -0.2) is 0 Å². The van der Waals surface area contributed by atoms with Gasteiger partial charge >= 0.3 is 0 Å². The fourth-order valence-corrected chi connectivity index (χ4v) is 2.29. The van der Waals surface area contributed by atoms with Crippen molar-refractivity contribution in [1.82, 2.24) is 5.32 Å². The third-order valence-electron chi connectivity index (χ3n) is 3.63. The molecule has 6 heteroatoms. The van der Waals surface area contributed by atoms with Crippen LogP contribution in [0.2, 0.25) is 0 Å². The number of nitrogens with one attached hydrogen (secondary N) is 1. The van der Waals surface area contributed by atoms with Crippen LogP contribution in [0.3, 0.4) is 0 Å². The second-order valence-electron chi connectivity index (χ2n) is 5.10. The number of ether oxygens (including phenoxy) is 1. The zero-order valence-corrected chi connectivity index (χ0v) is 13.0. The number of anilines is 1. The number of nitriles is 1. The SMILES string of the molecule is CNC(=O)[C@@H](C#N)C(=O)/C=C/c1ccc(N2CCOCC2)cc1. The van der Waals surface area contributed by atoms with Gasteiger partial charge in [0.1, 0.15) is 0 Å². The smallest absolute Gasteiger partial charge is 0.245 e. The monoisotopic (exact) mass is 313 g/mol. The number of hydrogen-bond acceptors (Lipinski definition) is 5. The predicted molar refractivity (Wildman–Crippen MR) is 86.7 cm³/mol. The summed E-state index contributed by atoms with van der Waals surface area (Å²) in [6.07, 6.45) is 2.88. The average Bonchev–Trinajstić information content (AvgIpc) is 2.61. The van der Waals surface area contributed by atoms with E-state index in [1.54, 1.807) is 12.1 Å². The van der Waals surface area contributed by atoms with Crippen LogP contribution in [0.1, 0.15) is 5.56 Å². The molecule has 1 atom stereocenters. The fourth-order valence-electron chi connectivity index (χ4n) is 2.29. The van der Waals surface area contributed by atoms with Crippen molar-refractivity contribution in [2.24, 2.45) is 5.92 Å². The van der Waals surface area contributed by atoms with E-state index in [0.29, 0.717) is 0 Å². The van der Waals surface area contributed by atoms with Gasteiger partial charge in [0, 0.05) is 25.8 Å². The summed E-state index contributed by atoms with van der Waals surface area (Å²) >= 11 is 0. The number of amides is 1. The van der Waals surface area contributed by atoms with E-state index < -0.39 is 17.6 Å². The van der Waals surface area contributed by atoms with Crippen molar-refractivity contribution < 1.29 is 14.3 Å². The number of nitrogens with zero attached hydrogens (tertiary/aromatic N) is 2. The molecule has 1 N–H and O–H groups in total. The molecule has 120 valence electrons. The second kappa shape index (κ2) is 8.11. The minimum atomic E-state index is -1.30. The van der Waals surface area contributed by atoms with Crippen LogP contribution in [0.4, 0.5) is 5.69 Å². The summed E-state index contributed by atoms with van der Waals surface area (Å²) in [6, 6.07) is 9.47. The standard InChI is InChI=1S/C17H19N3O3/c1-19-17(22)15(12-18)16(21)7-4-13-2-5-14(6-3-13)20-8-10-23-11-9-20/h2-7,15H,8-11H2,1H3,(H,19,22)/b7-4+/t15-/m0/s1. The molecule has 2 rings (SSSR count). The highest BCUT2D eigenvalue weighted by Crippen LogP contribution is 2.17. The molecule has 23 heavy (non-hydrogen) atoms. The number of rotatable bonds is 5. The van der Waals surface area contributed by atoms with Gasteiger partial charge in [-0.1, -0.05) is 18.2 Å². The molecule has 1 aliphatic heterocycles. The molecule has 0 spiro atoms. The number of carbonyl (C=O) groups is 2. The highest BCUT2D eigenvalue weighted by atomic mass is 16.5. The van der Waals surface area contributed by atoms with Gasteiger partial charge in [0.15, 0.2) is 11.7 Å². The Morgan fingerprint density at radius 3 is 2.52 bits per heavy atom. The van der Waals surface area contributed by atoms with Gasteiger partial charge in [-0.05, 0) is 23.8 Å². The Labute approximate surface area is 135 Å². The van der Waals surface area contributed by atoms with Crippen LogP contribution < -0.4 is 10.2 Å². The van der Waals surface area contributed by atoms with Crippen LogP contribution in [0.15, 0.2) is 30.3 Å². The molecule has 0 aliphatic carbocycles. The lowest BCUT2D eigenvalue weighted by Crippen LogP contribution is -2.36. The summed E-state index contributed by atoms with van der Waals surface area (Å²) in [7, 11) is 1.40. The number of allylic oxidation sites excluding steroid dienone is 1. The topological polar surface area (TPSA) is 82.4 Å². The lowest BCUT2D eigenvalue weighted by Gasteiger charge is -2.28. The highest BCUT2D eigenvalue weighted by molar-refractivity contribution is 6.10. The van der Waals surface area contributed by atoms with Crippen molar-refractivity contribution in [3.8, 4) is 6.07 Å². The number of morpholine rings is 1.